The van der Waals surface area contributed by atoms with E-state index in [2.05, 4.69) is 12.2 Å². The molecular weight excluding hydrogens is 270 g/mol. The molecule has 0 aliphatic heterocycles. The van der Waals surface area contributed by atoms with Gasteiger partial charge in [0.2, 0.25) is 0 Å². The summed E-state index contributed by atoms with van der Waals surface area (Å²) in [4.78, 5) is 10.6. The van der Waals surface area contributed by atoms with Crippen LogP contribution in [0.1, 0.15) is 40.0 Å². The molecule has 0 spiro atoms. The Bertz CT molecular complexity index is 463. The first-order valence-electron chi connectivity index (χ1n) is 7.39. The average molecular weight is 295 g/mol. The first-order valence-corrected chi connectivity index (χ1v) is 7.39. The molecule has 0 aliphatic carbocycles. The maximum atomic E-state index is 11.0. The summed E-state index contributed by atoms with van der Waals surface area (Å²) in [5.74, 6) is 0.493. The Morgan fingerprint density at radius 3 is 2.62 bits per heavy atom. The van der Waals surface area contributed by atoms with E-state index >= 15 is 0 Å². The van der Waals surface area contributed by atoms with E-state index in [0.717, 1.165) is 19.3 Å². The van der Waals surface area contributed by atoms with E-state index in [9.17, 15) is 10.1 Å². The zero-order valence-electron chi connectivity index (χ0n) is 13.0. The fourth-order valence-electron chi connectivity index (χ4n) is 2.05. The van der Waals surface area contributed by atoms with Crippen LogP contribution in [0.3, 0.4) is 0 Å². The summed E-state index contributed by atoms with van der Waals surface area (Å²) in [5, 5.41) is 14.3. The maximum absolute atomic E-state index is 11.0. The fourth-order valence-corrected chi connectivity index (χ4v) is 2.05. The van der Waals surface area contributed by atoms with Crippen molar-refractivity contribution in [1.29, 1.82) is 0 Å². The van der Waals surface area contributed by atoms with Crippen LogP contribution in [0.5, 0.6) is 5.75 Å². The second-order valence-corrected chi connectivity index (χ2v) is 5.36. The van der Waals surface area contributed by atoms with Crippen molar-refractivity contribution in [3.8, 4) is 5.75 Å². The molecule has 6 heteroatoms. The number of rotatable bonds is 9. The van der Waals surface area contributed by atoms with Crippen LogP contribution < -0.4 is 15.8 Å². The van der Waals surface area contributed by atoms with Crippen molar-refractivity contribution >= 4 is 11.4 Å². The highest BCUT2D eigenvalue weighted by Gasteiger charge is 2.14. The van der Waals surface area contributed by atoms with Gasteiger partial charge in [-0.25, -0.2) is 0 Å². The lowest BCUT2D eigenvalue weighted by Gasteiger charge is -2.19. The first kappa shape index (κ1) is 17.2. The van der Waals surface area contributed by atoms with Gasteiger partial charge in [-0.15, -0.1) is 0 Å². The Balaban J connectivity index is 2.93. The van der Waals surface area contributed by atoms with Crippen molar-refractivity contribution in [3.63, 3.8) is 0 Å². The van der Waals surface area contributed by atoms with Crippen LogP contribution in [0.4, 0.5) is 11.4 Å². The molecular formula is C15H25N3O3. The molecule has 3 N–H and O–H groups in total. The highest BCUT2D eigenvalue weighted by molar-refractivity contribution is 5.56. The number of nitrogens with zero attached hydrogens (tertiary/aromatic N) is 1. The summed E-state index contributed by atoms with van der Waals surface area (Å²) >= 11 is 0. The Labute approximate surface area is 125 Å². The SMILES string of the molecule is CCCCC(CN)Nc1cc(OC(C)C)cc([N+](=O)[O-])c1. The average Bonchev–Trinajstić information content (AvgIpc) is 2.42. The Morgan fingerprint density at radius 2 is 2.10 bits per heavy atom. The van der Waals surface area contributed by atoms with Gasteiger partial charge in [0.1, 0.15) is 5.75 Å². The van der Waals surface area contributed by atoms with E-state index in [0.29, 0.717) is 18.0 Å². The number of nitro benzene ring substituents is 1. The highest BCUT2D eigenvalue weighted by Crippen LogP contribution is 2.27. The molecule has 0 amide bonds. The second kappa shape index (κ2) is 8.46. The van der Waals surface area contributed by atoms with Crippen molar-refractivity contribution < 1.29 is 9.66 Å². The smallest absolute Gasteiger partial charge is 0.275 e. The van der Waals surface area contributed by atoms with Crippen LogP contribution >= 0.6 is 0 Å². The normalized spacial score (nSPS) is 12.2. The summed E-state index contributed by atoms with van der Waals surface area (Å²) in [6.45, 7) is 6.38. The standard InChI is InChI=1S/C15H25N3O3/c1-4-5-6-12(10-16)17-13-7-14(18(19)20)9-15(8-13)21-11(2)3/h7-9,11-12,17H,4-6,10,16H2,1-3H3. The highest BCUT2D eigenvalue weighted by atomic mass is 16.6. The molecule has 1 atom stereocenters. The number of anilines is 1. The number of nitrogens with two attached hydrogens (primary N) is 1. The first-order chi connectivity index (χ1) is 9.96. The molecule has 1 aromatic carbocycles. The molecule has 1 rings (SSSR count). The van der Waals surface area contributed by atoms with Crippen molar-refractivity contribution in [2.24, 2.45) is 5.73 Å². The van der Waals surface area contributed by atoms with Crippen LogP contribution in [0.25, 0.3) is 0 Å². The third kappa shape index (κ3) is 5.99. The number of unbranched alkanes of at least 4 members (excludes halogenated alkanes) is 1. The lowest BCUT2D eigenvalue weighted by atomic mass is 10.1. The van der Waals surface area contributed by atoms with Gasteiger partial charge in [-0.3, -0.25) is 10.1 Å². The summed E-state index contributed by atoms with van der Waals surface area (Å²) in [6.07, 6.45) is 3.06. The van der Waals surface area contributed by atoms with E-state index in [1.165, 1.54) is 12.1 Å². The largest absolute Gasteiger partial charge is 0.491 e. The van der Waals surface area contributed by atoms with Crippen LogP contribution in [-0.4, -0.2) is 23.6 Å². The van der Waals surface area contributed by atoms with E-state index in [4.69, 9.17) is 10.5 Å². The monoisotopic (exact) mass is 295 g/mol. The fraction of sp³-hybridized carbons (Fsp3) is 0.600. The summed E-state index contributed by atoms with van der Waals surface area (Å²) in [6, 6.07) is 4.84. The quantitative estimate of drug-likeness (QED) is 0.539. The van der Waals surface area contributed by atoms with E-state index in [1.54, 1.807) is 6.07 Å². The molecule has 0 aromatic heterocycles. The van der Waals surface area contributed by atoms with Gasteiger partial charge in [-0.05, 0) is 20.3 Å². The van der Waals surface area contributed by atoms with Crippen molar-refractivity contribution in [2.75, 3.05) is 11.9 Å². The summed E-state index contributed by atoms with van der Waals surface area (Å²) < 4.78 is 5.57. The number of ether oxygens (including phenoxy) is 1. The second-order valence-electron chi connectivity index (χ2n) is 5.36. The van der Waals surface area contributed by atoms with E-state index in [1.807, 2.05) is 13.8 Å². The van der Waals surface area contributed by atoms with E-state index in [-0.39, 0.29) is 17.8 Å². The third-order valence-electron chi connectivity index (χ3n) is 3.04. The third-order valence-corrected chi connectivity index (χ3v) is 3.04. The molecule has 1 unspecified atom stereocenters. The minimum atomic E-state index is -0.415. The molecule has 1 aromatic rings. The molecule has 21 heavy (non-hydrogen) atoms. The summed E-state index contributed by atoms with van der Waals surface area (Å²) in [5.41, 5.74) is 6.44. The maximum Gasteiger partial charge on any atom is 0.275 e. The minimum Gasteiger partial charge on any atom is -0.491 e. The van der Waals surface area contributed by atoms with Gasteiger partial charge in [0.25, 0.3) is 5.69 Å². The number of hydrogen-bond donors (Lipinski definition) is 2. The lowest BCUT2D eigenvalue weighted by Crippen LogP contribution is -2.28. The van der Waals surface area contributed by atoms with Crippen LogP contribution in [-0.2, 0) is 0 Å². The van der Waals surface area contributed by atoms with Crippen molar-refractivity contribution in [2.45, 2.75) is 52.2 Å². The van der Waals surface area contributed by atoms with Gasteiger partial charge in [0.15, 0.2) is 0 Å². The Morgan fingerprint density at radius 1 is 1.38 bits per heavy atom. The van der Waals surface area contributed by atoms with Crippen LogP contribution in [0, 0.1) is 10.1 Å². The predicted octanol–water partition coefficient (Wildman–Crippen LogP) is 3.31. The van der Waals surface area contributed by atoms with Crippen LogP contribution in [0.15, 0.2) is 18.2 Å². The molecule has 0 saturated heterocycles. The van der Waals surface area contributed by atoms with Crippen molar-refractivity contribution in [3.05, 3.63) is 28.3 Å². The van der Waals surface area contributed by atoms with Gasteiger partial charge in [-0.2, -0.15) is 0 Å². The minimum absolute atomic E-state index is 0.0157. The number of benzene rings is 1. The van der Waals surface area contributed by atoms with Crippen LogP contribution in [0.2, 0.25) is 0 Å². The van der Waals surface area contributed by atoms with Gasteiger partial charge in [0.05, 0.1) is 17.1 Å². The van der Waals surface area contributed by atoms with Gasteiger partial charge >= 0.3 is 0 Å². The molecule has 0 saturated carbocycles. The van der Waals surface area contributed by atoms with Crippen molar-refractivity contribution in [1.82, 2.24) is 0 Å². The molecule has 6 nitrogen and oxygen atoms in total. The number of nitro groups is 1. The summed E-state index contributed by atoms with van der Waals surface area (Å²) in [7, 11) is 0. The molecule has 0 heterocycles. The Hall–Kier alpha value is -1.82. The number of nitrogens with one attached hydrogen (secondary N) is 1. The predicted molar refractivity (Wildman–Crippen MR) is 84.9 cm³/mol. The number of hydrogen-bond acceptors (Lipinski definition) is 5. The zero-order chi connectivity index (χ0) is 15.8. The molecule has 0 bridgehead atoms. The Kier molecular flexibility index (Phi) is 6.94. The lowest BCUT2D eigenvalue weighted by molar-refractivity contribution is -0.384. The van der Waals surface area contributed by atoms with E-state index < -0.39 is 4.92 Å². The van der Waals surface area contributed by atoms with Gasteiger partial charge < -0.3 is 15.8 Å². The zero-order valence-corrected chi connectivity index (χ0v) is 13.0. The molecule has 0 radical (unpaired) electrons. The molecule has 118 valence electrons. The molecule has 0 aliphatic rings. The van der Waals surface area contributed by atoms with Gasteiger partial charge in [-0.1, -0.05) is 19.8 Å². The number of non-ortho nitro benzene ring substituents is 1. The topological polar surface area (TPSA) is 90.4 Å². The van der Waals surface area contributed by atoms with Gasteiger partial charge in [0, 0.05) is 30.4 Å². The molecule has 0 fully saturated rings.